The molecule has 11 aromatic heterocycles. The third-order valence-electron chi connectivity index (χ3n) is 24.9. The Bertz CT molecular complexity index is 8140. The number of ketones is 1. The zero-order valence-electron chi connectivity index (χ0n) is 80.1. The number of aliphatic hydroxyl groups is 1. The van der Waals surface area contributed by atoms with Gasteiger partial charge in [-0.05, 0) is 123 Å². The molecule has 4 aliphatic rings. The Balaban J connectivity index is 0.000000128. The number of carbonyl (C=O) groups excluding carboxylic acids is 4. The summed E-state index contributed by atoms with van der Waals surface area (Å²) in [5.74, 6) is -3.39. The van der Waals surface area contributed by atoms with Crippen molar-refractivity contribution >= 4 is 67.8 Å². The van der Waals surface area contributed by atoms with Gasteiger partial charge in [-0.25, -0.2) is 42.1 Å². The smallest absolute Gasteiger partial charge is 0.347 e. The average molecular weight is 1990 g/mol. The van der Waals surface area contributed by atoms with E-state index in [2.05, 4.69) is 35.2 Å². The van der Waals surface area contributed by atoms with Crippen molar-refractivity contribution in [3.8, 4) is 46.0 Å². The van der Waals surface area contributed by atoms with E-state index in [1.807, 2.05) is 114 Å². The molecule has 0 radical (unpaired) electrons. The molecule has 746 valence electrons. The number of benzene rings is 6. The van der Waals surface area contributed by atoms with E-state index in [4.69, 9.17) is 42.9 Å². The largest absolute Gasteiger partial charge is 0.505 e. The molecule has 38 heteroatoms. The van der Waals surface area contributed by atoms with Crippen molar-refractivity contribution < 1.29 is 90.0 Å². The van der Waals surface area contributed by atoms with Crippen LogP contribution in [0.5, 0.6) is 46.0 Å². The lowest BCUT2D eigenvalue weighted by Gasteiger charge is -2.30. The van der Waals surface area contributed by atoms with Crippen LogP contribution in [-0.2, 0) is 94.2 Å². The van der Waals surface area contributed by atoms with Gasteiger partial charge >= 0.3 is 11.9 Å². The Morgan fingerprint density at radius 2 is 0.685 bits per heavy atom. The summed E-state index contributed by atoms with van der Waals surface area (Å²) in [7, 11) is 1.39. The van der Waals surface area contributed by atoms with Crippen molar-refractivity contribution in [1.82, 2.24) is 72.2 Å². The standard InChI is InChI=1S/C32H29FN4O5.C27H23FN2O5.C25H23FN4O5.C24H22FN5O4/c1-3-40-32(39)26-30(41-18-22-7-5-4-6-8-22)27-28-29(23(14-34-27)13-21-9-11-24(33)12-10-21)42-25(17-37(28)31(26)38)16-36-15-20(2)35-19-36;1-16(32)22-26(34-15-18-5-3-2-4-6-18)23-24-25(35-21(14-31)13-30(24)27(22)33)19(12-29-23)11-17-7-9-20(28)10-8-17;1-3-34-25(33)19-22(31)20-21-23(16(9-27-20)8-15-4-6-17(26)7-5-15)35-18(12-30(21)24(19)32)11-29-10-14(2)28-13-29;1-13-9-29(12-28-13)10-17-11-30-20-19(21(31)18(24(30)33)23(32)26-2)27-8-15(22(20)34-17)7-14-3-5-16(25)6-4-14/h4-12,14-15,19,25H,3,13,16-18H2,1-2H3;2-10,12,21,31H,11,13-15H2,1H3;4-7,9-10,13,18,31H,3,8,11-12H2,1-2H3;3-6,8-9,12,17,31H,7,10-11H2,1-2H3,(H,26,32)/t25-;21-;18-;17-/m1011/s1. The Kier molecular flexibility index (Phi) is 28.9. The molecule has 4 atom stereocenters. The fraction of sp³-hybridized carbons (Fsp3) is 0.250. The first-order valence-corrected chi connectivity index (χ1v) is 46.9. The summed E-state index contributed by atoms with van der Waals surface area (Å²) >= 11 is 0. The number of hydrogen-bond acceptors (Lipinski definition) is 26. The highest BCUT2D eigenvalue weighted by Gasteiger charge is 2.39. The number of halogens is 4. The van der Waals surface area contributed by atoms with Crippen LogP contribution < -0.4 is 56.0 Å². The van der Waals surface area contributed by atoms with Crippen molar-refractivity contribution in [2.45, 2.75) is 151 Å². The SMILES string of the molecule is CC(=O)c1c(OCc2ccccc2)c2ncc(Cc3ccc(F)cc3)c3c2n(c1=O)C[C@@H](CO)O3.CCOC(=O)c1c(O)c2ncc(Cc3ccc(F)cc3)c3c2n(c1=O)C[C@@H](Cn1cnc(C)c1)O3.CCOC(=O)c1c(OCc2ccccc2)c2ncc(Cc3ccc(F)cc3)c3c2n(c1=O)C[C@@H](Cn1cnc(C)c1)O3.CNC(=O)c1c(O)c2ncc(Cc3ccc(F)cc3)c3c2n(c1=O)C[C@@H](Cn1cnc(C)c1)O3. The molecule has 15 heterocycles. The van der Waals surface area contributed by atoms with Gasteiger partial charge in [0.2, 0.25) is 0 Å². The van der Waals surface area contributed by atoms with Gasteiger partial charge in [-0.1, -0.05) is 109 Å². The molecule has 0 saturated carbocycles. The molecule has 6 aromatic carbocycles. The van der Waals surface area contributed by atoms with Gasteiger partial charge in [0.15, 0.2) is 62.9 Å². The fourth-order valence-electron chi connectivity index (χ4n) is 18.2. The minimum atomic E-state index is -0.910. The maximum absolute atomic E-state index is 14.1. The van der Waals surface area contributed by atoms with Crippen molar-refractivity contribution in [3.63, 3.8) is 0 Å². The maximum atomic E-state index is 14.1. The molecular formula is C108H97F4N15O19. The highest BCUT2D eigenvalue weighted by Crippen LogP contribution is 2.45. The van der Waals surface area contributed by atoms with Gasteiger partial charge in [0.05, 0.1) is 102 Å². The number of aromatic hydroxyl groups is 2. The van der Waals surface area contributed by atoms with Gasteiger partial charge in [-0.3, -0.25) is 67.0 Å². The number of ether oxygens (including phenoxy) is 8. The number of hydrogen-bond donors (Lipinski definition) is 4. The summed E-state index contributed by atoms with van der Waals surface area (Å²) in [4.78, 5) is 136. The second-order valence-corrected chi connectivity index (χ2v) is 35.4. The summed E-state index contributed by atoms with van der Waals surface area (Å²) < 4.78 is 113. The monoisotopic (exact) mass is 1980 g/mol. The zero-order chi connectivity index (χ0) is 102. The molecule has 146 heavy (non-hydrogen) atoms. The quantitative estimate of drug-likeness (QED) is 0.0211. The van der Waals surface area contributed by atoms with Gasteiger partial charge < -0.3 is 72.2 Å². The molecule has 0 bridgehead atoms. The number of imidazole rings is 3. The van der Waals surface area contributed by atoms with Gasteiger partial charge in [0.25, 0.3) is 28.1 Å². The van der Waals surface area contributed by atoms with Crippen molar-refractivity contribution in [2.24, 2.45) is 0 Å². The lowest BCUT2D eigenvalue weighted by molar-refractivity contribution is 0.0508. The lowest BCUT2D eigenvalue weighted by Crippen LogP contribution is -2.40. The minimum Gasteiger partial charge on any atom is -0.505 e. The van der Waals surface area contributed by atoms with E-state index in [9.17, 15) is 71.2 Å². The number of Topliss-reactive ketones (excluding diaryl/α,β-unsaturated/α-hetero) is 1. The molecule has 1 amide bonds. The number of aromatic nitrogens is 14. The molecule has 17 aromatic rings. The number of aliphatic hydroxyl groups excluding tert-OH is 1. The summed E-state index contributed by atoms with van der Waals surface area (Å²) in [6.07, 6.45) is 16.5. The van der Waals surface area contributed by atoms with Crippen LogP contribution in [0.1, 0.15) is 135 Å². The molecular weight excluding hydrogens is 1890 g/mol. The van der Waals surface area contributed by atoms with E-state index < -0.39 is 87.3 Å². The molecule has 0 unspecified atom stereocenters. The number of aryl methyl sites for hydroxylation is 3. The first-order valence-electron chi connectivity index (χ1n) is 46.9. The highest BCUT2D eigenvalue weighted by molar-refractivity contribution is 6.05. The van der Waals surface area contributed by atoms with Crippen molar-refractivity contribution in [1.29, 1.82) is 0 Å². The van der Waals surface area contributed by atoms with Crippen LogP contribution in [0.3, 0.4) is 0 Å². The summed E-state index contributed by atoms with van der Waals surface area (Å²) in [5.41, 5.74) is 9.17. The van der Waals surface area contributed by atoms with Crippen LogP contribution in [0.25, 0.3) is 44.1 Å². The van der Waals surface area contributed by atoms with Crippen LogP contribution in [-0.4, -0.2) is 157 Å². The normalized spacial score (nSPS) is 14.5. The molecule has 34 nitrogen and oxygen atoms in total. The maximum Gasteiger partial charge on any atom is 0.347 e. The van der Waals surface area contributed by atoms with Crippen molar-refractivity contribution in [3.05, 3.63) is 380 Å². The van der Waals surface area contributed by atoms with E-state index in [1.54, 1.807) is 100.0 Å². The predicted molar refractivity (Wildman–Crippen MR) is 527 cm³/mol. The number of nitrogens with zero attached hydrogens (tertiary/aromatic N) is 14. The van der Waals surface area contributed by atoms with E-state index in [0.29, 0.717) is 124 Å². The van der Waals surface area contributed by atoms with Crippen LogP contribution in [0.15, 0.2) is 239 Å². The highest BCUT2D eigenvalue weighted by atomic mass is 19.1. The van der Waals surface area contributed by atoms with Crippen LogP contribution in [0.2, 0.25) is 0 Å². The molecule has 4 aliphatic heterocycles. The molecule has 0 spiro atoms. The second kappa shape index (κ2) is 42.8. The zero-order valence-corrected chi connectivity index (χ0v) is 80.1. The first kappa shape index (κ1) is 98.7. The number of nitrogens with one attached hydrogen (secondary N) is 1. The van der Waals surface area contributed by atoms with Gasteiger partial charge in [-0.2, -0.15) is 0 Å². The van der Waals surface area contributed by atoms with E-state index in [1.165, 1.54) is 87.0 Å². The first-order chi connectivity index (χ1) is 70.6. The van der Waals surface area contributed by atoms with Gasteiger partial charge in [0.1, 0.15) is 116 Å². The molecule has 0 aliphatic carbocycles. The van der Waals surface area contributed by atoms with Crippen molar-refractivity contribution in [2.75, 3.05) is 26.9 Å². The van der Waals surface area contributed by atoms with E-state index in [0.717, 1.165) is 50.5 Å². The molecule has 0 fully saturated rings. The second-order valence-electron chi connectivity index (χ2n) is 35.4. The Labute approximate surface area is 828 Å². The Hall–Kier alpha value is -17.5. The van der Waals surface area contributed by atoms with Crippen LogP contribution in [0, 0.1) is 44.0 Å². The predicted octanol–water partition coefficient (Wildman–Crippen LogP) is 13.6. The number of esters is 2. The summed E-state index contributed by atoms with van der Waals surface area (Å²) in [6.45, 7) is 12.1. The van der Waals surface area contributed by atoms with Crippen LogP contribution >= 0.6 is 0 Å². The number of amides is 1. The minimum absolute atomic E-state index is 0.0513. The third kappa shape index (κ3) is 20.8. The number of rotatable bonds is 27. The Morgan fingerprint density at radius 1 is 0.390 bits per heavy atom. The summed E-state index contributed by atoms with van der Waals surface area (Å²) in [5, 5.41) is 33.8. The lowest BCUT2D eigenvalue weighted by atomic mass is 10.0. The Morgan fingerprint density at radius 3 is 1.01 bits per heavy atom. The number of pyridine rings is 8. The van der Waals surface area contributed by atoms with Crippen LogP contribution in [0.4, 0.5) is 17.6 Å². The van der Waals surface area contributed by atoms with Gasteiger partial charge in [0, 0.05) is 98.4 Å². The topological polar surface area (TPSA) is 408 Å². The molecule has 4 N–H and O–H groups in total. The average Bonchev–Trinajstić information content (AvgIpc) is 0.991. The number of carbonyl (C=O) groups is 4. The summed E-state index contributed by atoms with van der Waals surface area (Å²) in [6, 6.07) is 43.3. The molecule has 0 saturated heterocycles. The van der Waals surface area contributed by atoms with E-state index >= 15 is 0 Å². The fourth-order valence-corrected chi connectivity index (χ4v) is 18.2. The third-order valence-corrected chi connectivity index (χ3v) is 24.9. The van der Waals surface area contributed by atoms with Gasteiger partial charge in [-0.15, -0.1) is 0 Å². The van der Waals surface area contributed by atoms with E-state index in [-0.39, 0.29) is 122 Å². The molecule has 21 rings (SSSR count).